The highest BCUT2D eigenvalue weighted by Gasteiger charge is 2.30. The van der Waals surface area contributed by atoms with Crippen molar-refractivity contribution in [2.24, 2.45) is 0 Å². The summed E-state index contributed by atoms with van der Waals surface area (Å²) in [6.45, 7) is 13.6. The highest BCUT2D eigenvalue weighted by Crippen LogP contribution is 2.18. The van der Waals surface area contributed by atoms with Crippen LogP contribution in [-0.4, -0.2) is 40.8 Å². The Labute approximate surface area is 158 Å². The van der Waals surface area contributed by atoms with Gasteiger partial charge in [-0.2, -0.15) is 0 Å². The Balaban J connectivity index is 0.000000400. The van der Waals surface area contributed by atoms with Gasteiger partial charge in [-0.3, -0.25) is 0 Å². The molecule has 1 aliphatic heterocycles. The molecule has 1 fully saturated rings. The average molecular weight is 377 g/mol. The lowest BCUT2D eigenvalue weighted by Crippen LogP contribution is -2.22. The van der Waals surface area contributed by atoms with Gasteiger partial charge in [0.05, 0.1) is 6.61 Å². The van der Waals surface area contributed by atoms with E-state index in [4.69, 9.17) is 9.84 Å². The van der Waals surface area contributed by atoms with E-state index in [9.17, 15) is 19.5 Å². The Morgan fingerprint density at radius 3 is 1.96 bits per heavy atom. The van der Waals surface area contributed by atoms with E-state index < -0.39 is 24.0 Å². The molecule has 0 saturated carbocycles. The van der Waals surface area contributed by atoms with Gasteiger partial charge in [-0.05, 0) is 57.0 Å². The third kappa shape index (κ3) is 9.25. The molecule has 1 aromatic rings. The SMILES string of the molecule is C=C(C)C(=O)O.C=C(C)C(=O)OC1CCOC1=O.Cc1c[c]cc(C)c1O. The van der Waals surface area contributed by atoms with Gasteiger partial charge in [0.15, 0.2) is 0 Å². The van der Waals surface area contributed by atoms with Crippen molar-refractivity contribution in [3.8, 4) is 5.75 Å². The lowest BCUT2D eigenvalue weighted by atomic mass is 10.1. The highest BCUT2D eigenvalue weighted by molar-refractivity contribution is 5.89. The molecule has 1 heterocycles. The second kappa shape index (κ2) is 11.5. The van der Waals surface area contributed by atoms with Crippen LogP contribution in [0.4, 0.5) is 0 Å². The van der Waals surface area contributed by atoms with Crippen LogP contribution in [0.1, 0.15) is 31.4 Å². The number of carbonyl (C=O) groups is 3. The first-order valence-electron chi connectivity index (χ1n) is 8.05. The number of aromatic hydroxyl groups is 1. The van der Waals surface area contributed by atoms with Crippen LogP contribution in [0.15, 0.2) is 36.4 Å². The van der Waals surface area contributed by atoms with Gasteiger partial charge in [-0.15, -0.1) is 0 Å². The number of carboxylic acid groups (broad SMARTS) is 1. The first-order chi connectivity index (χ1) is 12.5. The van der Waals surface area contributed by atoms with Crippen molar-refractivity contribution in [2.75, 3.05) is 6.61 Å². The maximum absolute atomic E-state index is 10.9. The number of phenolic OH excluding ortho intramolecular Hbond substituents is 1. The molecule has 2 rings (SSSR count). The van der Waals surface area contributed by atoms with Gasteiger partial charge in [0.2, 0.25) is 6.10 Å². The van der Waals surface area contributed by atoms with E-state index in [1.54, 1.807) is 12.1 Å². The monoisotopic (exact) mass is 377 g/mol. The number of aryl methyl sites for hydroxylation is 2. The van der Waals surface area contributed by atoms with Crippen LogP contribution >= 0.6 is 0 Å². The van der Waals surface area contributed by atoms with Gasteiger partial charge in [0.25, 0.3) is 0 Å². The fraction of sp³-hybridized carbons (Fsp3) is 0.350. The smallest absolute Gasteiger partial charge is 0.347 e. The molecule has 0 amide bonds. The van der Waals surface area contributed by atoms with E-state index in [2.05, 4.69) is 24.0 Å². The number of carbonyl (C=O) groups excluding carboxylic acids is 2. The van der Waals surface area contributed by atoms with Crippen LogP contribution in [0, 0.1) is 19.9 Å². The minimum atomic E-state index is -0.935. The van der Waals surface area contributed by atoms with Crippen LogP contribution in [-0.2, 0) is 23.9 Å². The van der Waals surface area contributed by atoms with E-state index in [1.807, 2.05) is 13.8 Å². The zero-order valence-corrected chi connectivity index (χ0v) is 16.0. The first-order valence-corrected chi connectivity index (χ1v) is 8.05. The van der Waals surface area contributed by atoms with Crippen molar-refractivity contribution in [3.05, 3.63) is 53.6 Å². The summed E-state index contributed by atoms with van der Waals surface area (Å²) < 4.78 is 9.37. The van der Waals surface area contributed by atoms with Crippen molar-refractivity contribution >= 4 is 17.9 Å². The third-order valence-corrected chi connectivity index (χ3v) is 3.20. The molecule has 0 spiro atoms. The number of carboxylic acids is 1. The number of phenols is 1. The molecule has 1 unspecified atom stereocenters. The van der Waals surface area contributed by atoms with Crippen LogP contribution < -0.4 is 0 Å². The number of hydrogen-bond donors (Lipinski definition) is 2. The highest BCUT2D eigenvalue weighted by atomic mass is 16.6. The maximum Gasteiger partial charge on any atom is 0.347 e. The summed E-state index contributed by atoms with van der Waals surface area (Å²) in [7, 11) is 0. The normalized spacial score (nSPS) is 14.5. The zero-order chi connectivity index (χ0) is 21.1. The Morgan fingerprint density at radius 1 is 1.19 bits per heavy atom. The summed E-state index contributed by atoms with van der Waals surface area (Å²) in [6, 6.07) is 6.44. The van der Waals surface area contributed by atoms with Gasteiger partial charge < -0.3 is 19.7 Å². The predicted molar refractivity (Wildman–Crippen MR) is 99.1 cm³/mol. The average Bonchev–Trinajstić information content (AvgIpc) is 2.98. The molecule has 0 bridgehead atoms. The van der Waals surface area contributed by atoms with E-state index >= 15 is 0 Å². The summed E-state index contributed by atoms with van der Waals surface area (Å²) in [5, 5.41) is 17.1. The molecule has 7 heteroatoms. The van der Waals surface area contributed by atoms with Crippen LogP contribution in [0.3, 0.4) is 0 Å². The summed E-state index contributed by atoms with van der Waals surface area (Å²) in [6.07, 6.45) is -0.285. The van der Waals surface area contributed by atoms with Crippen molar-refractivity contribution in [3.63, 3.8) is 0 Å². The predicted octanol–water partition coefficient (Wildman–Crippen LogP) is 2.88. The van der Waals surface area contributed by atoms with Gasteiger partial charge in [-0.1, -0.05) is 13.2 Å². The molecule has 1 radical (unpaired) electrons. The van der Waals surface area contributed by atoms with Crippen molar-refractivity contribution < 1.29 is 34.1 Å². The zero-order valence-electron chi connectivity index (χ0n) is 16.0. The number of rotatable bonds is 3. The summed E-state index contributed by atoms with van der Waals surface area (Å²) in [4.78, 5) is 31.3. The van der Waals surface area contributed by atoms with Gasteiger partial charge in [0.1, 0.15) is 5.75 Å². The van der Waals surface area contributed by atoms with Crippen molar-refractivity contribution in [1.82, 2.24) is 0 Å². The second-order valence-corrected chi connectivity index (χ2v) is 5.89. The summed E-state index contributed by atoms with van der Waals surface area (Å²) in [5.41, 5.74) is 2.23. The molecule has 2 N–H and O–H groups in total. The third-order valence-electron chi connectivity index (χ3n) is 3.20. The minimum Gasteiger partial charge on any atom is -0.507 e. The van der Waals surface area contributed by atoms with E-state index in [0.717, 1.165) is 11.1 Å². The van der Waals surface area contributed by atoms with Crippen molar-refractivity contribution in [2.45, 2.75) is 40.2 Å². The van der Waals surface area contributed by atoms with Crippen LogP contribution in [0.5, 0.6) is 5.75 Å². The number of cyclic esters (lactones) is 1. The fourth-order valence-corrected chi connectivity index (χ4v) is 1.55. The molecule has 147 valence electrons. The number of ether oxygens (including phenoxy) is 2. The number of esters is 2. The molecule has 1 aliphatic rings. The second-order valence-electron chi connectivity index (χ2n) is 5.89. The molecule has 7 nitrogen and oxygen atoms in total. The Hall–Kier alpha value is -3.09. The number of hydrogen-bond acceptors (Lipinski definition) is 6. The molecule has 1 aromatic carbocycles. The lowest BCUT2D eigenvalue weighted by Gasteiger charge is -2.06. The quantitative estimate of drug-likeness (QED) is 0.615. The van der Waals surface area contributed by atoms with E-state index in [-0.39, 0.29) is 11.1 Å². The molecule has 1 saturated heterocycles. The first kappa shape index (κ1) is 23.9. The van der Waals surface area contributed by atoms with E-state index in [0.29, 0.717) is 18.8 Å². The van der Waals surface area contributed by atoms with Crippen molar-refractivity contribution in [1.29, 1.82) is 0 Å². The minimum absolute atomic E-state index is 0.176. The molecular weight excluding hydrogens is 352 g/mol. The standard InChI is InChI=1S/C8H10O4.C8H9O.C4H6O2/c1-5(2)7(9)12-6-3-4-11-8(6)10;1-6-4-3-5-7(2)8(6)9;1-3(2)4(5)6/h6H,1,3-4H2,2H3;4-5,9H,1-2H3;1H2,2H3,(H,5,6). The van der Waals surface area contributed by atoms with E-state index in [1.165, 1.54) is 13.8 Å². The largest absolute Gasteiger partial charge is 0.507 e. The summed E-state index contributed by atoms with van der Waals surface area (Å²) in [5.74, 6) is -1.56. The molecule has 27 heavy (non-hydrogen) atoms. The molecule has 1 atom stereocenters. The fourth-order valence-electron chi connectivity index (χ4n) is 1.55. The van der Waals surface area contributed by atoms with Crippen LogP contribution in [0.2, 0.25) is 0 Å². The number of aliphatic carboxylic acids is 1. The number of benzene rings is 1. The topological polar surface area (TPSA) is 110 Å². The Kier molecular flexibility index (Phi) is 10.2. The molecule has 0 aromatic heterocycles. The summed E-state index contributed by atoms with van der Waals surface area (Å²) >= 11 is 0. The lowest BCUT2D eigenvalue weighted by molar-refractivity contribution is -0.157. The Bertz CT molecular complexity index is 687. The van der Waals surface area contributed by atoms with Gasteiger partial charge in [-0.25, -0.2) is 14.4 Å². The van der Waals surface area contributed by atoms with Gasteiger partial charge >= 0.3 is 17.9 Å². The maximum atomic E-state index is 10.9. The van der Waals surface area contributed by atoms with Gasteiger partial charge in [0, 0.05) is 17.6 Å². The molecule has 0 aliphatic carbocycles. The molecular formula is C20H25O7. The Morgan fingerprint density at radius 2 is 1.67 bits per heavy atom. The van der Waals surface area contributed by atoms with Crippen LogP contribution in [0.25, 0.3) is 0 Å².